The van der Waals surface area contributed by atoms with E-state index in [0.29, 0.717) is 21.8 Å². The fourth-order valence-corrected chi connectivity index (χ4v) is 1.50. The number of rotatable bonds is 4. The molecular weight excluding hydrogens is 242 g/mol. The highest BCUT2D eigenvalue weighted by atomic mass is 16.5. The van der Waals surface area contributed by atoms with Gasteiger partial charge in [-0.05, 0) is 43.3 Å². The van der Waals surface area contributed by atoms with Crippen LogP contribution in [0.3, 0.4) is 0 Å². The Morgan fingerprint density at radius 1 is 1.11 bits per heavy atom. The second kappa shape index (κ2) is 5.77. The smallest absolute Gasteiger partial charge is 0.159 e. The largest absolute Gasteiger partial charge is 0.691 e. The van der Waals surface area contributed by atoms with Crippen LogP contribution in [0.2, 0.25) is 0 Å². The minimum absolute atomic E-state index is 0.00164. The quantitative estimate of drug-likeness (QED) is 0.393. The molecular formula is C14H13N3O2. The molecule has 1 N–H and O–H groups in total. The van der Waals surface area contributed by atoms with E-state index in [1.165, 1.54) is 6.92 Å². The molecule has 0 aliphatic heterocycles. The summed E-state index contributed by atoms with van der Waals surface area (Å²) in [6, 6.07) is 15.4. The van der Waals surface area contributed by atoms with Crippen LogP contribution < -0.4 is 5.43 Å². The number of hydrogen-bond donors (Lipinski definition) is 1. The van der Waals surface area contributed by atoms with E-state index in [0.717, 1.165) is 0 Å². The summed E-state index contributed by atoms with van der Waals surface area (Å²) in [5.41, 5.74) is 4.33. The zero-order chi connectivity index (χ0) is 13.7. The summed E-state index contributed by atoms with van der Waals surface area (Å²) in [5.74, 6) is -0.00164. The van der Waals surface area contributed by atoms with Gasteiger partial charge in [0.2, 0.25) is 0 Å². The van der Waals surface area contributed by atoms with Gasteiger partial charge in [-0.15, -0.1) is 10.3 Å². The van der Waals surface area contributed by atoms with Crippen molar-refractivity contribution in [1.82, 2.24) is 0 Å². The maximum absolute atomic E-state index is 11.6. The van der Waals surface area contributed by atoms with E-state index >= 15 is 0 Å². The van der Waals surface area contributed by atoms with Gasteiger partial charge in [-0.1, -0.05) is 18.2 Å². The third kappa shape index (κ3) is 3.38. The average Bonchev–Trinajstić information content (AvgIpc) is 2.46. The highest BCUT2D eigenvalue weighted by Crippen LogP contribution is 2.12. The topological polar surface area (TPSA) is 67.5 Å². The van der Waals surface area contributed by atoms with Crippen molar-refractivity contribution in [2.75, 3.05) is 5.43 Å². The lowest BCUT2D eigenvalue weighted by Gasteiger charge is -2.04. The van der Waals surface area contributed by atoms with Gasteiger partial charge in [0.25, 0.3) is 0 Å². The predicted octanol–water partition coefficient (Wildman–Crippen LogP) is 3.51. The normalized spacial score (nSPS) is 11.1. The van der Waals surface area contributed by atoms with Gasteiger partial charge in [0.05, 0.1) is 5.22 Å². The minimum Gasteiger partial charge on any atom is -0.691 e. The number of benzene rings is 2. The van der Waals surface area contributed by atoms with Gasteiger partial charge in [-0.2, -0.15) is 0 Å². The maximum atomic E-state index is 11.6. The van der Waals surface area contributed by atoms with E-state index in [1.807, 2.05) is 6.07 Å². The fourth-order valence-electron chi connectivity index (χ4n) is 1.50. The number of Topliss-reactive ketones (excluding diaryl/α,β-unsaturated/α-hetero) is 1. The Kier molecular flexibility index (Phi) is 3.87. The van der Waals surface area contributed by atoms with Crippen LogP contribution >= 0.6 is 0 Å². The number of carbonyl (C=O) groups is 1. The van der Waals surface area contributed by atoms with Gasteiger partial charge >= 0.3 is 0 Å². The van der Waals surface area contributed by atoms with E-state index in [4.69, 9.17) is 0 Å². The van der Waals surface area contributed by atoms with E-state index < -0.39 is 0 Å². The molecule has 0 atom stereocenters. The van der Waals surface area contributed by atoms with Crippen LogP contribution in [0, 0.1) is 5.21 Å². The summed E-state index contributed by atoms with van der Waals surface area (Å²) >= 11 is 0. The summed E-state index contributed by atoms with van der Waals surface area (Å²) in [6.07, 6.45) is 0. The Labute approximate surface area is 110 Å². The molecule has 96 valence electrons. The molecule has 5 nitrogen and oxygen atoms in total. The summed E-state index contributed by atoms with van der Waals surface area (Å²) in [4.78, 5) is 11.6. The number of hydrogen-bond acceptors (Lipinski definition) is 3. The van der Waals surface area contributed by atoms with Crippen LogP contribution in [0.15, 0.2) is 59.8 Å². The molecule has 0 amide bonds. The minimum atomic E-state index is -0.00164. The number of nitrogens with zero attached hydrogens (tertiary/aromatic N) is 2. The van der Waals surface area contributed by atoms with Gasteiger partial charge in [0, 0.05) is 5.56 Å². The second-order valence-electron chi connectivity index (χ2n) is 3.95. The third-order valence-corrected chi connectivity index (χ3v) is 2.54. The van der Waals surface area contributed by atoms with Crippen LogP contribution in [0.4, 0.5) is 11.4 Å². The highest BCUT2D eigenvalue weighted by molar-refractivity contribution is 5.94. The molecule has 2 aromatic rings. The summed E-state index contributed by atoms with van der Waals surface area (Å²) in [7, 11) is 0. The van der Waals surface area contributed by atoms with Crippen molar-refractivity contribution in [2.45, 2.75) is 6.92 Å². The zero-order valence-electron chi connectivity index (χ0n) is 10.4. The Morgan fingerprint density at radius 3 is 2.32 bits per heavy atom. The lowest BCUT2D eigenvalue weighted by Crippen LogP contribution is -1.98. The third-order valence-electron chi connectivity index (χ3n) is 2.54. The molecule has 0 aliphatic carbocycles. The van der Waals surface area contributed by atoms with E-state index in [9.17, 15) is 10.0 Å². The summed E-state index contributed by atoms with van der Waals surface area (Å²) < 4.78 is 0. The van der Waals surface area contributed by atoms with Crippen molar-refractivity contribution >= 4 is 17.2 Å². The molecule has 0 bridgehead atoms. The predicted molar refractivity (Wildman–Crippen MR) is 72.2 cm³/mol. The van der Waals surface area contributed by atoms with Gasteiger partial charge in [-0.25, -0.2) is 0 Å². The molecule has 0 unspecified atom stereocenters. The molecule has 0 heterocycles. The SMILES string of the molecule is CC(=O)c1ccc(NN=[N+]([O-])c2ccccc2)cc1. The van der Waals surface area contributed by atoms with Crippen molar-refractivity contribution in [2.24, 2.45) is 5.22 Å². The molecule has 19 heavy (non-hydrogen) atoms. The van der Waals surface area contributed by atoms with Crippen molar-refractivity contribution < 1.29 is 9.66 Å². The molecule has 0 radical (unpaired) electrons. The lowest BCUT2D eigenvalue weighted by molar-refractivity contribution is -0.439. The number of nitrogens with one attached hydrogen (secondary N) is 1. The molecule has 0 saturated carbocycles. The van der Waals surface area contributed by atoms with Gasteiger partial charge < -0.3 is 5.21 Å². The molecule has 0 spiro atoms. The van der Waals surface area contributed by atoms with Crippen molar-refractivity contribution in [1.29, 1.82) is 0 Å². The number of para-hydroxylation sites is 1. The zero-order valence-corrected chi connectivity index (χ0v) is 10.4. The fraction of sp³-hybridized carbons (Fsp3) is 0.0714. The molecule has 2 rings (SSSR count). The lowest BCUT2D eigenvalue weighted by atomic mass is 10.1. The number of ketones is 1. The Balaban J connectivity index is 2.08. The Bertz CT molecular complexity index is 592. The molecule has 0 aliphatic rings. The van der Waals surface area contributed by atoms with Crippen LogP contribution in [0.1, 0.15) is 17.3 Å². The van der Waals surface area contributed by atoms with Crippen LogP contribution in [-0.2, 0) is 0 Å². The van der Waals surface area contributed by atoms with E-state index in [1.54, 1.807) is 48.5 Å². The maximum Gasteiger partial charge on any atom is 0.159 e. The molecule has 0 fully saturated rings. The van der Waals surface area contributed by atoms with Crippen LogP contribution in [0.25, 0.3) is 0 Å². The van der Waals surface area contributed by atoms with Crippen LogP contribution in [-0.4, -0.2) is 10.6 Å². The van der Waals surface area contributed by atoms with Crippen LogP contribution in [0.5, 0.6) is 0 Å². The van der Waals surface area contributed by atoms with Crippen molar-refractivity contribution in [3.8, 4) is 0 Å². The molecule has 0 aromatic heterocycles. The van der Waals surface area contributed by atoms with Gasteiger partial charge in [0.1, 0.15) is 5.69 Å². The Morgan fingerprint density at radius 2 is 1.74 bits per heavy atom. The average molecular weight is 255 g/mol. The van der Waals surface area contributed by atoms with Crippen molar-refractivity contribution in [3.05, 3.63) is 65.4 Å². The van der Waals surface area contributed by atoms with Crippen molar-refractivity contribution in [3.63, 3.8) is 0 Å². The first-order chi connectivity index (χ1) is 9.16. The molecule has 5 heteroatoms. The standard InChI is InChI=1S/C14H13N3O2/c1-11(18)12-7-9-13(10-8-12)15-16-17(19)14-5-3-2-4-6-14/h2-10,15H,1H3. The first-order valence-electron chi connectivity index (χ1n) is 5.77. The first kappa shape index (κ1) is 12.8. The molecule has 2 aromatic carbocycles. The first-order valence-corrected chi connectivity index (χ1v) is 5.77. The monoisotopic (exact) mass is 255 g/mol. The second-order valence-corrected chi connectivity index (χ2v) is 3.95. The van der Waals surface area contributed by atoms with E-state index in [2.05, 4.69) is 10.6 Å². The van der Waals surface area contributed by atoms with E-state index in [-0.39, 0.29) is 5.78 Å². The summed E-state index contributed by atoms with van der Waals surface area (Å²) in [6.45, 7) is 1.50. The summed E-state index contributed by atoms with van der Waals surface area (Å²) in [5, 5.41) is 15.3. The van der Waals surface area contributed by atoms with Gasteiger partial charge in [0.15, 0.2) is 11.5 Å². The molecule has 0 saturated heterocycles. The number of anilines is 1. The van der Waals surface area contributed by atoms with Gasteiger partial charge in [-0.3, -0.25) is 4.79 Å². The highest BCUT2D eigenvalue weighted by Gasteiger charge is 2.01. The Hall–Kier alpha value is -2.69. The number of carbonyl (C=O) groups excluding carboxylic acids is 1.